The third kappa shape index (κ3) is 1.71. The normalized spacial score (nSPS) is 16.0. The molecule has 17 heavy (non-hydrogen) atoms. The number of hydrogen-bond acceptors (Lipinski definition) is 1. The minimum atomic E-state index is -0.762. The number of carboxylic acid groups (broad SMARTS) is 1. The lowest BCUT2D eigenvalue weighted by molar-refractivity contribution is -0.136. The van der Waals surface area contributed by atoms with Crippen LogP contribution >= 0.6 is 0 Å². The van der Waals surface area contributed by atoms with Crippen molar-refractivity contribution in [3.63, 3.8) is 0 Å². The van der Waals surface area contributed by atoms with Crippen LogP contribution in [0.25, 0.3) is 10.9 Å². The van der Waals surface area contributed by atoms with Crippen molar-refractivity contribution in [2.75, 3.05) is 0 Å². The zero-order valence-electron chi connectivity index (χ0n) is 9.60. The van der Waals surface area contributed by atoms with Crippen LogP contribution < -0.4 is 0 Å². The van der Waals surface area contributed by atoms with E-state index in [4.69, 9.17) is 5.11 Å². The van der Waals surface area contributed by atoms with Crippen molar-refractivity contribution in [1.82, 2.24) is 4.57 Å². The molecule has 3 rings (SSSR count). The number of aliphatic carboxylic acids is 1. The van der Waals surface area contributed by atoms with Gasteiger partial charge >= 0.3 is 5.97 Å². The second-order valence-corrected chi connectivity index (χ2v) is 4.73. The SMILES string of the molecule is O=C(O)Cc1cn(C2CCC2)c2ccccc12. The second-order valence-electron chi connectivity index (χ2n) is 4.73. The summed E-state index contributed by atoms with van der Waals surface area (Å²) in [5.41, 5.74) is 2.11. The summed E-state index contributed by atoms with van der Waals surface area (Å²) < 4.78 is 2.26. The van der Waals surface area contributed by atoms with Crippen molar-refractivity contribution >= 4 is 16.9 Å². The molecule has 0 atom stereocenters. The molecule has 1 aromatic carbocycles. The van der Waals surface area contributed by atoms with Crippen molar-refractivity contribution in [3.05, 3.63) is 36.0 Å². The van der Waals surface area contributed by atoms with Crippen LogP contribution in [-0.4, -0.2) is 15.6 Å². The molecule has 1 aromatic heterocycles. The molecule has 0 radical (unpaired) electrons. The Morgan fingerprint density at radius 3 is 2.76 bits per heavy atom. The fourth-order valence-electron chi connectivity index (χ4n) is 2.55. The molecule has 0 bridgehead atoms. The highest BCUT2D eigenvalue weighted by Gasteiger charge is 2.22. The summed E-state index contributed by atoms with van der Waals surface area (Å²) in [4.78, 5) is 10.9. The predicted molar refractivity (Wildman–Crippen MR) is 66.2 cm³/mol. The largest absolute Gasteiger partial charge is 0.481 e. The molecule has 0 amide bonds. The maximum Gasteiger partial charge on any atom is 0.307 e. The van der Waals surface area contributed by atoms with Gasteiger partial charge in [-0.3, -0.25) is 4.79 Å². The summed E-state index contributed by atoms with van der Waals surface area (Å²) in [7, 11) is 0. The van der Waals surface area contributed by atoms with Crippen LogP contribution in [0.15, 0.2) is 30.5 Å². The molecular weight excluding hydrogens is 214 g/mol. The Labute approximate surface area is 99.7 Å². The number of nitrogens with zero attached hydrogens (tertiary/aromatic N) is 1. The third-order valence-electron chi connectivity index (χ3n) is 3.63. The summed E-state index contributed by atoms with van der Waals surface area (Å²) >= 11 is 0. The molecule has 1 aliphatic rings. The first kappa shape index (κ1) is 10.4. The van der Waals surface area contributed by atoms with E-state index in [2.05, 4.69) is 10.6 Å². The highest BCUT2D eigenvalue weighted by molar-refractivity contribution is 5.87. The van der Waals surface area contributed by atoms with E-state index in [1.807, 2.05) is 24.4 Å². The van der Waals surface area contributed by atoms with Gasteiger partial charge in [-0.25, -0.2) is 0 Å². The molecule has 0 saturated heterocycles. The number of aromatic nitrogens is 1. The molecule has 1 heterocycles. The maximum absolute atomic E-state index is 10.9. The van der Waals surface area contributed by atoms with Gasteiger partial charge in [0.1, 0.15) is 0 Å². The Kier molecular flexibility index (Phi) is 2.39. The zero-order valence-corrected chi connectivity index (χ0v) is 9.60. The molecule has 1 aliphatic carbocycles. The number of rotatable bonds is 3. The number of carboxylic acids is 1. The van der Waals surface area contributed by atoms with E-state index in [0.717, 1.165) is 10.9 Å². The average Bonchev–Trinajstić information content (AvgIpc) is 2.55. The minimum absolute atomic E-state index is 0.111. The lowest BCUT2D eigenvalue weighted by Crippen LogP contribution is -2.15. The van der Waals surface area contributed by atoms with Crippen LogP contribution in [0.2, 0.25) is 0 Å². The van der Waals surface area contributed by atoms with Gasteiger partial charge in [-0.05, 0) is 30.9 Å². The molecule has 1 saturated carbocycles. The first-order chi connectivity index (χ1) is 8.25. The molecule has 88 valence electrons. The van der Waals surface area contributed by atoms with E-state index in [0.29, 0.717) is 6.04 Å². The average molecular weight is 229 g/mol. The van der Waals surface area contributed by atoms with E-state index >= 15 is 0 Å². The summed E-state index contributed by atoms with van der Waals surface area (Å²) in [6, 6.07) is 8.66. The van der Waals surface area contributed by atoms with Gasteiger partial charge in [0, 0.05) is 23.1 Å². The van der Waals surface area contributed by atoms with Crippen molar-refractivity contribution in [2.45, 2.75) is 31.7 Å². The lowest BCUT2D eigenvalue weighted by Gasteiger charge is -2.28. The third-order valence-corrected chi connectivity index (χ3v) is 3.63. The number of fused-ring (bicyclic) bond motifs is 1. The summed E-state index contributed by atoms with van der Waals surface area (Å²) in [5.74, 6) is -0.762. The highest BCUT2D eigenvalue weighted by atomic mass is 16.4. The molecule has 0 unspecified atom stereocenters. The highest BCUT2D eigenvalue weighted by Crippen LogP contribution is 2.36. The summed E-state index contributed by atoms with van der Waals surface area (Å²) in [5, 5.41) is 10.0. The fraction of sp³-hybridized carbons (Fsp3) is 0.357. The van der Waals surface area contributed by atoms with Crippen molar-refractivity contribution in [1.29, 1.82) is 0 Å². The van der Waals surface area contributed by atoms with Crippen LogP contribution in [0, 0.1) is 0 Å². The number of para-hydroxylation sites is 1. The molecule has 1 fully saturated rings. The van der Waals surface area contributed by atoms with Gasteiger partial charge in [-0.15, -0.1) is 0 Å². The Morgan fingerprint density at radius 2 is 2.12 bits per heavy atom. The van der Waals surface area contributed by atoms with Crippen LogP contribution in [-0.2, 0) is 11.2 Å². The van der Waals surface area contributed by atoms with Gasteiger partial charge < -0.3 is 9.67 Å². The Balaban J connectivity index is 2.12. The topological polar surface area (TPSA) is 42.2 Å². The molecule has 3 nitrogen and oxygen atoms in total. The molecule has 2 aromatic rings. The van der Waals surface area contributed by atoms with Gasteiger partial charge in [-0.2, -0.15) is 0 Å². The van der Waals surface area contributed by atoms with Crippen LogP contribution in [0.4, 0.5) is 0 Å². The molecule has 1 N–H and O–H groups in total. The predicted octanol–water partition coefficient (Wildman–Crippen LogP) is 2.99. The fourth-order valence-corrected chi connectivity index (χ4v) is 2.55. The first-order valence-corrected chi connectivity index (χ1v) is 6.06. The van der Waals surface area contributed by atoms with E-state index in [-0.39, 0.29) is 6.42 Å². The van der Waals surface area contributed by atoms with Crippen molar-refractivity contribution in [2.24, 2.45) is 0 Å². The monoisotopic (exact) mass is 229 g/mol. The maximum atomic E-state index is 10.9. The van der Waals surface area contributed by atoms with Gasteiger partial charge in [0.2, 0.25) is 0 Å². The van der Waals surface area contributed by atoms with E-state index in [9.17, 15) is 4.79 Å². The summed E-state index contributed by atoms with van der Waals surface area (Å²) in [6.45, 7) is 0. The molecular formula is C14H15NO2. The summed E-state index contributed by atoms with van der Waals surface area (Å²) in [6.07, 6.45) is 5.85. The zero-order chi connectivity index (χ0) is 11.8. The molecule has 3 heteroatoms. The van der Waals surface area contributed by atoms with E-state index in [1.54, 1.807) is 0 Å². The second kappa shape index (κ2) is 3.91. The quantitative estimate of drug-likeness (QED) is 0.879. The minimum Gasteiger partial charge on any atom is -0.481 e. The Morgan fingerprint density at radius 1 is 1.35 bits per heavy atom. The number of hydrogen-bond donors (Lipinski definition) is 1. The van der Waals surface area contributed by atoms with Gasteiger partial charge in [-0.1, -0.05) is 18.2 Å². The van der Waals surface area contributed by atoms with Gasteiger partial charge in [0.15, 0.2) is 0 Å². The van der Waals surface area contributed by atoms with Crippen LogP contribution in [0.5, 0.6) is 0 Å². The lowest BCUT2D eigenvalue weighted by atomic mass is 9.93. The van der Waals surface area contributed by atoms with E-state index in [1.165, 1.54) is 24.8 Å². The Bertz CT molecular complexity index is 567. The Hall–Kier alpha value is -1.77. The van der Waals surface area contributed by atoms with Gasteiger partial charge in [0.25, 0.3) is 0 Å². The molecule has 0 spiro atoms. The van der Waals surface area contributed by atoms with Crippen LogP contribution in [0.1, 0.15) is 30.9 Å². The standard InChI is InChI=1S/C14H15NO2/c16-14(17)8-10-9-15(11-4-3-5-11)13-7-2-1-6-12(10)13/h1-2,6-7,9,11H,3-5,8H2,(H,16,17). The molecule has 0 aliphatic heterocycles. The van der Waals surface area contributed by atoms with Crippen LogP contribution in [0.3, 0.4) is 0 Å². The van der Waals surface area contributed by atoms with E-state index < -0.39 is 5.97 Å². The van der Waals surface area contributed by atoms with Crippen molar-refractivity contribution < 1.29 is 9.90 Å². The first-order valence-electron chi connectivity index (χ1n) is 6.06. The number of benzene rings is 1. The van der Waals surface area contributed by atoms with Crippen molar-refractivity contribution in [3.8, 4) is 0 Å². The smallest absolute Gasteiger partial charge is 0.307 e. The number of carbonyl (C=O) groups is 1. The van der Waals surface area contributed by atoms with Gasteiger partial charge in [0.05, 0.1) is 6.42 Å².